The van der Waals surface area contributed by atoms with E-state index in [1.165, 1.54) is 0 Å². The Labute approximate surface area is 96.3 Å². The topological polar surface area (TPSA) is 147 Å². The predicted octanol–water partition coefficient (Wildman–Crippen LogP) is -0.914. The highest BCUT2D eigenvalue weighted by molar-refractivity contribution is 6.09. The van der Waals surface area contributed by atoms with Crippen molar-refractivity contribution in [3.8, 4) is 17.2 Å². The quantitative estimate of drug-likeness (QED) is 0.428. The molecular weight excluding hydrogens is 228 g/mol. The van der Waals surface area contributed by atoms with Gasteiger partial charge in [0, 0.05) is 6.07 Å². The second-order valence-corrected chi connectivity index (χ2v) is 3.27. The number of benzene rings is 1. The Bertz CT molecular complexity index is 444. The number of aromatic hydroxyl groups is 3. The first-order valence-corrected chi connectivity index (χ1v) is 4.68. The van der Waals surface area contributed by atoms with Gasteiger partial charge in [-0.25, -0.2) is 0 Å². The molecular formula is C10H12N2O5. The summed E-state index contributed by atoms with van der Waals surface area (Å²) in [6.45, 7) is -0.912. The fourth-order valence-corrected chi connectivity index (χ4v) is 1.40. The number of phenolic OH excluding ortho intramolecular Hbond substituents is 3. The molecule has 0 aliphatic heterocycles. The maximum Gasteiger partial charge on any atom is 0.183 e. The van der Waals surface area contributed by atoms with Gasteiger partial charge in [-0.05, 0) is 0 Å². The van der Waals surface area contributed by atoms with E-state index in [-0.39, 0.29) is 0 Å². The minimum Gasteiger partial charge on any atom is -0.507 e. The maximum atomic E-state index is 11.4. The third kappa shape index (κ3) is 2.19. The van der Waals surface area contributed by atoms with Crippen LogP contribution in [0, 0.1) is 0 Å². The number of ketones is 2. The molecule has 1 aromatic rings. The first kappa shape index (κ1) is 12.9. The van der Waals surface area contributed by atoms with Gasteiger partial charge < -0.3 is 26.8 Å². The summed E-state index contributed by atoms with van der Waals surface area (Å²) in [5.74, 6) is -3.63. The molecule has 0 saturated heterocycles. The van der Waals surface area contributed by atoms with E-state index in [4.69, 9.17) is 11.5 Å². The Balaban J connectivity index is 3.54. The van der Waals surface area contributed by atoms with E-state index in [1.807, 2.05) is 0 Å². The number of nitrogens with two attached hydrogens (primary N) is 2. The molecule has 0 aliphatic rings. The van der Waals surface area contributed by atoms with Crippen molar-refractivity contribution in [3.63, 3.8) is 0 Å². The van der Waals surface area contributed by atoms with E-state index in [0.717, 1.165) is 6.07 Å². The summed E-state index contributed by atoms with van der Waals surface area (Å²) >= 11 is 0. The largest absolute Gasteiger partial charge is 0.507 e. The van der Waals surface area contributed by atoms with Crippen molar-refractivity contribution in [1.29, 1.82) is 0 Å². The van der Waals surface area contributed by atoms with E-state index >= 15 is 0 Å². The van der Waals surface area contributed by atoms with Crippen LogP contribution in [0.3, 0.4) is 0 Å². The first-order valence-electron chi connectivity index (χ1n) is 4.68. The van der Waals surface area contributed by atoms with Gasteiger partial charge in [0.25, 0.3) is 0 Å². The SMILES string of the molecule is NCC(=O)c1c(O)cc(O)c(C(=O)CN)c1O. The third-order valence-corrected chi connectivity index (χ3v) is 2.19. The summed E-state index contributed by atoms with van der Waals surface area (Å²) in [7, 11) is 0. The van der Waals surface area contributed by atoms with Gasteiger partial charge in [-0.2, -0.15) is 0 Å². The second-order valence-electron chi connectivity index (χ2n) is 3.27. The molecule has 0 amide bonds. The van der Waals surface area contributed by atoms with Crippen molar-refractivity contribution >= 4 is 11.6 Å². The van der Waals surface area contributed by atoms with Crippen molar-refractivity contribution < 1.29 is 24.9 Å². The summed E-state index contributed by atoms with van der Waals surface area (Å²) in [4.78, 5) is 22.7. The van der Waals surface area contributed by atoms with Crippen LogP contribution in [0.1, 0.15) is 20.7 Å². The van der Waals surface area contributed by atoms with Crippen molar-refractivity contribution in [1.82, 2.24) is 0 Å². The number of carbonyl (C=O) groups excluding carboxylic acids is 2. The zero-order valence-electron chi connectivity index (χ0n) is 8.80. The fraction of sp³-hybridized carbons (Fsp3) is 0.200. The lowest BCUT2D eigenvalue weighted by Gasteiger charge is -2.11. The van der Waals surface area contributed by atoms with Crippen LogP contribution in [-0.2, 0) is 0 Å². The molecule has 0 unspecified atom stereocenters. The maximum absolute atomic E-state index is 11.4. The molecule has 17 heavy (non-hydrogen) atoms. The molecule has 0 fully saturated rings. The van der Waals surface area contributed by atoms with Crippen molar-refractivity contribution in [2.24, 2.45) is 11.5 Å². The van der Waals surface area contributed by atoms with Crippen LogP contribution in [0.5, 0.6) is 17.2 Å². The Kier molecular flexibility index (Phi) is 3.66. The van der Waals surface area contributed by atoms with Gasteiger partial charge >= 0.3 is 0 Å². The average Bonchev–Trinajstić information content (AvgIpc) is 2.27. The normalized spacial score (nSPS) is 10.2. The lowest BCUT2D eigenvalue weighted by atomic mass is 10.00. The van der Waals surface area contributed by atoms with E-state index in [0.29, 0.717) is 0 Å². The Morgan fingerprint density at radius 1 is 0.941 bits per heavy atom. The standard InChI is InChI=1S/C10H12N2O5/c11-2-6(15)8-4(13)1-5(14)9(10(8)17)7(16)3-12/h1,13-14,17H,2-3,11-12H2. The van der Waals surface area contributed by atoms with Crippen LogP contribution in [0.2, 0.25) is 0 Å². The van der Waals surface area contributed by atoms with E-state index in [1.54, 1.807) is 0 Å². The summed E-state index contributed by atoms with van der Waals surface area (Å²) < 4.78 is 0. The number of hydrogen-bond donors (Lipinski definition) is 5. The highest BCUT2D eigenvalue weighted by Crippen LogP contribution is 2.37. The predicted molar refractivity (Wildman–Crippen MR) is 58.2 cm³/mol. The fourth-order valence-electron chi connectivity index (χ4n) is 1.40. The van der Waals surface area contributed by atoms with Crippen molar-refractivity contribution in [2.45, 2.75) is 0 Å². The summed E-state index contributed by atoms with van der Waals surface area (Å²) in [5.41, 5.74) is 9.19. The Morgan fingerprint density at radius 2 is 1.29 bits per heavy atom. The van der Waals surface area contributed by atoms with Crippen molar-refractivity contribution in [3.05, 3.63) is 17.2 Å². The van der Waals surface area contributed by atoms with Gasteiger partial charge in [-0.3, -0.25) is 9.59 Å². The van der Waals surface area contributed by atoms with Crippen LogP contribution < -0.4 is 11.5 Å². The van der Waals surface area contributed by atoms with E-state index in [9.17, 15) is 24.9 Å². The van der Waals surface area contributed by atoms with E-state index < -0.39 is 53.0 Å². The lowest BCUT2D eigenvalue weighted by Crippen LogP contribution is -2.17. The summed E-state index contributed by atoms with van der Waals surface area (Å²) in [6.07, 6.45) is 0. The molecule has 0 aliphatic carbocycles. The third-order valence-electron chi connectivity index (χ3n) is 2.19. The Morgan fingerprint density at radius 3 is 1.59 bits per heavy atom. The molecule has 7 nitrogen and oxygen atoms in total. The van der Waals surface area contributed by atoms with Crippen LogP contribution in [0.4, 0.5) is 0 Å². The molecule has 0 aromatic heterocycles. The van der Waals surface area contributed by atoms with Crippen molar-refractivity contribution in [2.75, 3.05) is 13.1 Å². The monoisotopic (exact) mass is 240 g/mol. The van der Waals surface area contributed by atoms with Gasteiger partial charge in [0.2, 0.25) is 0 Å². The minimum atomic E-state index is -0.812. The number of rotatable bonds is 4. The average molecular weight is 240 g/mol. The second kappa shape index (κ2) is 4.81. The summed E-state index contributed by atoms with van der Waals surface area (Å²) in [6, 6.07) is 0.783. The lowest BCUT2D eigenvalue weighted by molar-refractivity contribution is 0.0993. The number of Topliss-reactive ketones (excluding diaryl/α,β-unsaturated/α-hetero) is 2. The van der Waals surface area contributed by atoms with E-state index in [2.05, 4.69) is 0 Å². The Hall–Kier alpha value is -2.12. The zero-order valence-corrected chi connectivity index (χ0v) is 8.80. The summed E-state index contributed by atoms with van der Waals surface area (Å²) in [5, 5.41) is 28.5. The number of hydrogen-bond acceptors (Lipinski definition) is 7. The zero-order chi connectivity index (χ0) is 13.2. The van der Waals surface area contributed by atoms with Gasteiger partial charge in [0.1, 0.15) is 28.4 Å². The molecule has 1 rings (SSSR count). The molecule has 0 atom stereocenters. The highest BCUT2D eigenvalue weighted by atomic mass is 16.3. The van der Waals surface area contributed by atoms with Crippen LogP contribution >= 0.6 is 0 Å². The number of carbonyl (C=O) groups is 2. The molecule has 0 radical (unpaired) electrons. The first-order chi connectivity index (χ1) is 7.93. The number of phenols is 3. The smallest absolute Gasteiger partial charge is 0.183 e. The molecule has 0 saturated carbocycles. The van der Waals surface area contributed by atoms with Gasteiger partial charge in [-0.15, -0.1) is 0 Å². The molecule has 92 valence electrons. The van der Waals surface area contributed by atoms with Crippen LogP contribution in [0.25, 0.3) is 0 Å². The molecule has 7 N–H and O–H groups in total. The minimum absolute atomic E-state index is 0.456. The van der Waals surface area contributed by atoms with Gasteiger partial charge in [-0.1, -0.05) is 0 Å². The molecule has 0 heterocycles. The molecule has 7 heteroatoms. The van der Waals surface area contributed by atoms with Crippen LogP contribution in [-0.4, -0.2) is 40.0 Å². The van der Waals surface area contributed by atoms with Gasteiger partial charge in [0.05, 0.1) is 13.1 Å². The molecule has 0 spiro atoms. The van der Waals surface area contributed by atoms with Crippen LogP contribution in [0.15, 0.2) is 6.07 Å². The molecule has 1 aromatic carbocycles. The highest BCUT2D eigenvalue weighted by Gasteiger charge is 2.25. The van der Waals surface area contributed by atoms with Gasteiger partial charge in [0.15, 0.2) is 11.6 Å². The molecule has 0 bridgehead atoms.